The molecule has 1 aromatic carbocycles. The summed E-state index contributed by atoms with van der Waals surface area (Å²) in [5, 5.41) is 3.29. The molecule has 0 aromatic heterocycles. The van der Waals surface area contributed by atoms with E-state index in [0.717, 1.165) is 12.8 Å². The Morgan fingerprint density at radius 1 is 1.12 bits per heavy atom. The van der Waals surface area contributed by atoms with Crippen LogP contribution in [0, 0.1) is 5.92 Å². The average Bonchev–Trinajstić information content (AvgIpc) is 2.52. The Balaban J connectivity index is 3.02. The van der Waals surface area contributed by atoms with E-state index in [1.165, 1.54) is 18.2 Å². The maximum absolute atomic E-state index is 12.5. The highest BCUT2D eigenvalue weighted by atomic mass is 35.5. The molecule has 0 saturated carbocycles. The zero-order chi connectivity index (χ0) is 18.5. The summed E-state index contributed by atoms with van der Waals surface area (Å²) in [5.41, 5.74) is 0. The molecule has 0 aliphatic carbocycles. The summed E-state index contributed by atoms with van der Waals surface area (Å²) >= 11 is 11.7. The SMILES string of the molecule is CCC(CC)NC(=O)C(NS(=O)(=O)c1ccc(Cl)c(Cl)c1)C(C)C. The number of sulfonamides is 1. The van der Waals surface area contributed by atoms with Gasteiger partial charge in [-0.3, -0.25) is 4.79 Å². The van der Waals surface area contributed by atoms with Gasteiger partial charge in [-0.15, -0.1) is 0 Å². The van der Waals surface area contributed by atoms with Crippen LogP contribution in [0.25, 0.3) is 0 Å². The molecule has 0 radical (unpaired) electrons. The normalized spacial score (nSPS) is 13.3. The van der Waals surface area contributed by atoms with Gasteiger partial charge in [-0.05, 0) is 37.0 Å². The van der Waals surface area contributed by atoms with E-state index >= 15 is 0 Å². The van der Waals surface area contributed by atoms with Gasteiger partial charge in [-0.2, -0.15) is 4.72 Å². The first-order chi connectivity index (χ1) is 11.1. The molecule has 0 spiro atoms. The van der Waals surface area contributed by atoms with E-state index in [1.807, 2.05) is 13.8 Å². The van der Waals surface area contributed by atoms with Crippen LogP contribution in [0.15, 0.2) is 23.1 Å². The van der Waals surface area contributed by atoms with Gasteiger partial charge in [0.15, 0.2) is 0 Å². The van der Waals surface area contributed by atoms with E-state index < -0.39 is 16.1 Å². The summed E-state index contributed by atoms with van der Waals surface area (Å²) in [5.74, 6) is -0.542. The van der Waals surface area contributed by atoms with Crippen LogP contribution < -0.4 is 10.0 Å². The van der Waals surface area contributed by atoms with Crippen LogP contribution in [-0.2, 0) is 14.8 Å². The molecule has 0 heterocycles. The number of carbonyl (C=O) groups excluding carboxylic acids is 1. The minimum atomic E-state index is -3.89. The second kappa shape index (κ2) is 9.04. The van der Waals surface area contributed by atoms with Crippen molar-refractivity contribution in [3.63, 3.8) is 0 Å². The van der Waals surface area contributed by atoms with Gasteiger partial charge in [0.05, 0.1) is 14.9 Å². The molecule has 0 aliphatic rings. The molecule has 1 aromatic rings. The van der Waals surface area contributed by atoms with Gasteiger partial charge >= 0.3 is 0 Å². The average molecular weight is 395 g/mol. The third kappa shape index (κ3) is 5.62. The third-order valence-corrected chi connectivity index (χ3v) is 5.94. The molecule has 8 heteroatoms. The molecule has 136 valence electrons. The van der Waals surface area contributed by atoms with Gasteiger partial charge < -0.3 is 5.32 Å². The highest BCUT2D eigenvalue weighted by molar-refractivity contribution is 7.89. The Kier molecular flexibility index (Phi) is 7.99. The summed E-state index contributed by atoms with van der Waals surface area (Å²) in [7, 11) is -3.89. The van der Waals surface area contributed by atoms with Crippen molar-refractivity contribution in [3.05, 3.63) is 28.2 Å². The summed E-state index contributed by atoms with van der Waals surface area (Å²) in [6, 6.07) is 3.18. The third-order valence-electron chi connectivity index (χ3n) is 3.76. The number of rotatable bonds is 8. The van der Waals surface area contributed by atoms with E-state index in [0.29, 0.717) is 0 Å². The quantitative estimate of drug-likeness (QED) is 0.706. The molecule has 5 nitrogen and oxygen atoms in total. The number of halogens is 2. The van der Waals surface area contributed by atoms with Crippen molar-refractivity contribution in [1.29, 1.82) is 0 Å². The number of carbonyl (C=O) groups is 1. The predicted molar refractivity (Wildman–Crippen MR) is 97.9 cm³/mol. The van der Waals surface area contributed by atoms with Crippen LogP contribution in [0.2, 0.25) is 10.0 Å². The summed E-state index contributed by atoms with van der Waals surface area (Å²) in [4.78, 5) is 12.4. The van der Waals surface area contributed by atoms with Crippen molar-refractivity contribution < 1.29 is 13.2 Å². The first kappa shape index (κ1) is 21.2. The van der Waals surface area contributed by atoms with Crippen LogP contribution in [0.1, 0.15) is 40.5 Å². The minimum absolute atomic E-state index is 0.0215. The van der Waals surface area contributed by atoms with Crippen LogP contribution in [0.4, 0.5) is 0 Å². The van der Waals surface area contributed by atoms with Crippen molar-refractivity contribution >= 4 is 39.1 Å². The van der Waals surface area contributed by atoms with E-state index in [9.17, 15) is 13.2 Å². The molecule has 1 atom stereocenters. The van der Waals surface area contributed by atoms with Gasteiger partial charge in [0, 0.05) is 6.04 Å². The topological polar surface area (TPSA) is 75.3 Å². The van der Waals surface area contributed by atoms with E-state index in [1.54, 1.807) is 13.8 Å². The lowest BCUT2D eigenvalue weighted by molar-refractivity contribution is -0.124. The lowest BCUT2D eigenvalue weighted by Gasteiger charge is -2.24. The van der Waals surface area contributed by atoms with Crippen LogP contribution in [-0.4, -0.2) is 26.4 Å². The predicted octanol–water partition coefficient (Wildman–Crippen LogP) is 3.60. The van der Waals surface area contributed by atoms with Crippen LogP contribution in [0.5, 0.6) is 0 Å². The fraction of sp³-hybridized carbons (Fsp3) is 0.562. The zero-order valence-electron chi connectivity index (χ0n) is 14.3. The van der Waals surface area contributed by atoms with Gasteiger partial charge in [0.1, 0.15) is 6.04 Å². The smallest absolute Gasteiger partial charge is 0.241 e. The maximum atomic E-state index is 12.5. The highest BCUT2D eigenvalue weighted by Crippen LogP contribution is 2.25. The molecule has 1 unspecified atom stereocenters. The molecular formula is C16H24Cl2N2O3S. The first-order valence-electron chi connectivity index (χ1n) is 7.90. The Bertz CT molecular complexity index is 674. The lowest BCUT2D eigenvalue weighted by Crippen LogP contribution is -2.51. The molecule has 0 saturated heterocycles. The first-order valence-corrected chi connectivity index (χ1v) is 10.1. The summed E-state index contributed by atoms with van der Waals surface area (Å²) in [6.07, 6.45) is 1.57. The van der Waals surface area contributed by atoms with Gasteiger partial charge in [-0.1, -0.05) is 50.9 Å². The van der Waals surface area contributed by atoms with Crippen molar-refractivity contribution in [2.75, 3.05) is 0 Å². The molecule has 2 N–H and O–H groups in total. The molecule has 1 rings (SSSR count). The molecule has 24 heavy (non-hydrogen) atoms. The fourth-order valence-corrected chi connectivity index (χ4v) is 3.89. The van der Waals surface area contributed by atoms with E-state index in [2.05, 4.69) is 10.0 Å². The fourth-order valence-electron chi connectivity index (χ4n) is 2.16. The lowest BCUT2D eigenvalue weighted by atomic mass is 10.0. The van der Waals surface area contributed by atoms with Gasteiger partial charge in [-0.25, -0.2) is 8.42 Å². The molecule has 0 fully saturated rings. The van der Waals surface area contributed by atoms with Crippen LogP contribution >= 0.6 is 23.2 Å². The zero-order valence-corrected chi connectivity index (χ0v) is 16.6. The van der Waals surface area contributed by atoms with Crippen molar-refractivity contribution in [2.45, 2.75) is 57.5 Å². The Morgan fingerprint density at radius 3 is 2.17 bits per heavy atom. The molecular weight excluding hydrogens is 371 g/mol. The minimum Gasteiger partial charge on any atom is -0.352 e. The number of hydrogen-bond donors (Lipinski definition) is 2. The van der Waals surface area contributed by atoms with E-state index in [4.69, 9.17) is 23.2 Å². The number of nitrogens with one attached hydrogen (secondary N) is 2. The molecule has 0 aliphatic heterocycles. The van der Waals surface area contributed by atoms with Crippen molar-refractivity contribution in [3.8, 4) is 0 Å². The van der Waals surface area contributed by atoms with E-state index in [-0.39, 0.29) is 32.8 Å². The highest BCUT2D eigenvalue weighted by Gasteiger charge is 2.29. The Labute approximate surface area is 154 Å². The number of amides is 1. The summed E-state index contributed by atoms with van der Waals surface area (Å²) < 4.78 is 27.6. The standard InChI is InChI=1S/C16H24Cl2N2O3S/c1-5-11(6-2)19-16(21)15(10(3)4)20-24(22,23)12-7-8-13(17)14(18)9-12/h7-11,15,20H,5-6H2,1-4H3,(H,19,21). The Hall–Kier alpha value is -0.820. The molecule has 1 amide bonds. The van der Waals surface area contributed by atoms with Gasteiger partial charge in [0.25, 0.3) is 0 Å². The monoisotopic (exact) mass is 394 g/mol. The largest absolute Gasteiger partial charge is 0.352 e. The van der Waals surface area contributed by atoms with Crippen molar-refractivity contribution in [1.82, 2.24) is 10.0 Å². The van der Waals surface area contributed by atoms with Crippen LogP contribution in [0.3, 0.4) is 0 Å². The van der Waals surface area contributed by atoms with Gasteiger partial charge in [0.2, 0.25) is 15.9 Å². The summed E-state index contributed by atoms with van der Waals surface area (Å²) in [6.45, 7) is 7.51. The number of benzene rings is 1. The maximum Gasteiger partial charge on any atom is 0.241 e. The number of hydrogen-bond acceptors (Lipinski definition) is 3. The second-order valence-corrected chi connectivity index (χ2v) is 8.47. The van der Waals surface area contributed by atoms with Crippen molar-refractivity contribution in [2.24, 2.45) is 5.92 Å². The Morgan fingerprint density at radius 2 is 1.71 bits per heavy atom. The molecule has 0 bridgehead atoms. The second-order valence-electron chi connectivity index (χ2n) is 5.94.